The number of hydrogen-bond acceptors (Lipinski definition) is 4. The molecule has 0 radical (unpaired) electrons. The lowest BCUT2D eigenvalue weighted by atomic mass is 10.1. The molecule has 5 nitrogen and oxygen atoms in total. The molecule has 6 heteroatoms. The largest absolute Gasteiger partial charge is 0.330 e. The van der Waals surface area contributed by atoms with E-state index in [9.17, 15) is 8.42 Å². The van der Waals surface area contributed by atoms with E-state index in [2.05, 4.69) is 0 Å². The second-order valence-electron chi connectivity index (χ2n) is 4.90. The fraction of sp³-hybridized carbons (Fsp3) is 0.462. The lowest BCUT2D eigenvalue weighted by Gasteiger charge is -2.21. The van der Waals surface area contributed by atoms with Crippen LogP contribution in [-0.2, 0) is 10.0 Å². The maximum Gasteiger partial charge on any atom is 0.243 e. The van der Waals surface area contributed by atoms with Crippen LogP contribution in [0.25, 0.3) is 0 Å². The molecule has 102 valence electrons. The molecular formula is C13H17N3O2S. The molecule has 1 aromatic carbocycles. The first-order chi connectivity index (χ1) is 8.98. The fourth-order valence-corrected chi connectivity index (χ4v) is 4.24. The van der Waals surface area contributed by atoms with Crippen molar-refractivity contribution in [2.24, 2.45) is 11.7 Å². The van der Waals surface area contributed by atoms with Crippen molar-refractivity contribution in [1.29, 1.82) is 5.26 Å². The Labute approximate surface area is 113 Å². The summed E-state index contributed by atoms with van der Waals surface area (Å²) in [5.41, 5.74) is 5.97. The molecular weight excluding hydrogens is 262 g/mol. The first-order valence-corrected chi connectivity index (χ1v) is 7.65. The fourth-order valence-electron chi connectivity index (χ4n) is 2.48. The summed E-state index contributed by atoms with van der Waals surface area (Å²) in [6.07, 6.45) is 0.785. The third-order valence-corrected chi connectivity index (χ3v) is 5.48. The third kappa shape index (κ3) is 2.63. The summed E-state index contributed by atoms with van der Waals surface area (Å²) >= 11 is 0. The lowest BCUT2D eigenvalue weighted by Crippen LogP contribution is -2.34. The van der Waals surface area contributed by atoms with E-state index in [1.165, 1.54) is 16.4 Å². The lowest BCUT2D eigenvalue weighted by molar-refractivity contribution is 0.404. The smallest absolute Gasteiger partial charge is 0.243 e. The van der Waals surface area contributed by atoms with Gasteiger partial charge in [-0.15, -0.1) is 0 Å². The summed E-state index contributed by atoms with van der Waals surface area (Å²) in [5.74, 6) is 0.212. The van der Waals surface area contributed by atoms with E-state index in [0.29, 0.717) is 18.7 Å². The van der Waals surface area contributed by atoms with E-state index < -0.39 is 10.0 Å². The number of benzene rings is 1. The Morgan fingerprint density at radius 1 is 1.53 bits per heavy atom. The maximum absolute atomic E-state index is 12.6. The molecule has 0 amide bonds. The van der Waals surface area contributed by atoms with Crippen LogP contribution in [0.3, 0.4) is 0 Å². The predicted octanol–water partition coefficient (Wildman–Crippen LogP) is 0.916. The minimum absolute atomic E-state index is 0.0516. The highest BCUT2D eigenvalue weighted by molar-refractivity contribution is 7.89. The standard InChI is InChI=1S/C13H17N3O2S/c1-10-5-12(8-15)9-16(10)19(17,18)13-4-2-3-11(6-13)7-14/h2-4,6,10,12H,5,8-9,15H2,1H3. The van der Waals surface area contributed by atoms with E-state index >= 15 is 0 Å². The van der Waals surface area contributed by atoms with Gasteiger partial charge in [0.15, 0.2) is 0 Å². The Balaban J connectivity index is 2.35. The molecule has 2 unspecified atom stereocenters. The molecule has 0 bridgehead atoms. The second-order valence-corrected chi connectivity index (χ2v) is 6.79. The van der Waals surface area contributed by atoms with Gasteiger partial charge in [-0.1, -0.05) is 6.07 Å². The minimum Gasteiger partial charge on any atom is -0.330 e. The Kier molecular flexibility index (Phi) is 3.90. The molecule has 0 saturated carbocycles. The van der Waals surface area contributed by atoms with Crippen LogP contribution >= 0.6 is 0 Å². The Morgan fingerprint density at radius 3 is 2.84 bits per heavy atom. The van der Waals surface area contributed by atoms with Gasteiger partial charge in [0.1, 0.15) is 0 Å². The number of rotatable bonds is 3. The number of nitriles is 1. The summed E-state index contributed by atoms with van der Waals surface area (Å²) in [6, 6.07) is 8.03. The SMILES string of the molecule is CC1CC(CN)CN1S(=O)(=O)c1cccc(C#N)c1. The Hall–Kier alpha value is -1.42. The molecule has 1 fully saturated rings. The van der Waals surface area contributed by atoms with Gasteiger partial charge in [-0.25, -0.2) is 8.42 Å². The van der Waals surface area contributed by atoms with Crippen molar-refractivity contribution in [1.82, 2.24) is 4.31 Å². The zero-order chi connectivity index (χ0) is 14.0. The molecule has 19 heavy (non-hydrogen) atoms. The summed E-state index contributed by atoms with van der Waals surface area (Å²) < 4.78 is 26.6. The quantitative estimate of drug-likeness (QED) is 0.891. The van der Waals surface area contributed by atoms with Crippen molar-refractivity contribution in [3.63, 3.8) is 0 Å². The molecule has 0 spiro atoms. The Bertz CT molecular complexity index is 607. The van der Waals surface area contributed by atoms with Gasteiger partial charge in [0, 0.05) is 12.6 Å². The highest BCUT2D eigenvalue weighted by atomic mass is 32.2. The molecule has 0 aliphatic carbocycles. The van der Waals surface area contributed by atoms with Gasteiger partial charge in [-0.05, 0) is 44.0 Å². The molecule has 2 rings (SSSR count). The minimum atomic E-state index is -3.54. The molecule has 2 atom stereocenters. The van der Waals surface area contributed by atoms with E-state index in [1.54, 1.807) is 12.1 Å². The summed E-state index contributed by atoms with van der Waals surface area (Å²) in [6.45, 7) is 2.84. The van der Waals surface area contributed by atoms with Crippen LogP contribution in [-0.4, -0.2) is 31.9 Å². The maximum atomic E-state index is 12.6. The van der Waals surface area contributed by atoms with Crippen molar-refractivity contribution < 1.29 is 8.42 Å². The zero-order valence-corrected chi connectivity index (χ0v) is 11.6. The summed E-state index contributed by atoms with van der Waals surface area (Å²) in [5, 5.41) is 8.85. The van der Waals surface area contributed by atoms with Crippen molar-refractivity contribution >= 4 is 10.0 Å². The molecule has 1 aromatic rings. The van der Waals surface area contributed by atoms with E-state index in [-0.39, 0.29) is 16.9 Å². The van der Waals surface area contributed by atoms with Crippen LogP contribution in [0.5, 0.6) is 0 Å². The first kappa shape index (κ1) is 14.0. The monoisotopic (exact) mass is 279 g/mol. The third-order valence-electron chi connectivity index (χ3n) is 3.51. The normalized spacial score (nSPS) is 24.3. The van der Waals surface area contributed by atoms with Gasteiger partial charge in [-0.2, -0.15) is 9.57 Å². The highest BCUT2D eigenvalue weighted by Gasteiger charge is 2.37. The van der Waals surface area contributed by atoms with Crippen LogP contribution < -0.4 is 5.73 Å². The first-order valence-electron chi connectivity index (χ1n) is 6.21. The van der Waals surface area contributed by atoms with E-state index in [0.717, 1.165) is 6.42 Å². The van der Waals surface area contributed by atoms with Gasteiger partial charge < -0.3 is 5.73 Å². The van der Waals surface area contributed by atoms with Crippen LogP contribution in [0.15, 0.2) is 29.2 Å². The Morgan fingerprint density at radius 2 is 2.26 bits per heavy atom. The summed E-state index contributed by atoms with van der Waals surface area (Å²) in [7, 11) is -3.54. The van der Waals surface area contributed by atoms with E-state index in [1.807, 2.05) is 13.0 Å². The van der Waals surface area contributed by atoms with Gasteiger partial charge in [0.2, 0.25) is 10.0 Å². The van der Waals surface area contributed by atoms with Crippen LogP contribution in [0.2, 0.25) is 0 Å². The van der Waals surface area contributed by atoms with Crippen LogP contribution in [0.4, 0.5) is 0 Å². The van der Waals surface area contributed by atoms with Gasteiger partial charge >= 0.3 is 0 Å². The average Bonchev–Trinajstić information content (AvgIpc) is 2.81. The van der Waals surface area contributed by atoms with E-state index in [4.69, 9.17) is 11.0 Å². The number of sulfonamides is 1. The van der Waals surface area contributed by atoms with Crippen molar-refractivity contribution in [2.75, 3.05) is 13.1 Å². The van der Waals surface area contributed by atoms with Crippen molar-refractivity contribution in [2.45, 2.75) is 24.3 Å². The van der Waals surface area contributed by atoms with Crippen molar-refractivity contribution in [3.8, 4) is 6.07 Å². The van der Waals surface area contributed by atoms with Crippen molar-refractivity contribution in [3.05, 3.63) is 29.8 Å². The summed E-state index contributed by atoms with van der Waals surface area (Å²) in [4.78, 5) is 0.177. The van der Waals surface area contributed by atoms with Gasteiger partial charge in [-0.3, -0.25) is 0 Å². The number of nitrogens with two attached hydrogens (primary N) is 1. The van der Waals surface area contributed by atoms with Gasteiger partial charge in [0.05, 0.1) is 16.5 Å². The second kappa shape index (κ2) is 5.29. The molecule has 1 saturated heterocycles. The number of hydrogen-bond donors (Lipinski definition) is 1. The molecule has 1 aliphatic heterocycles. The van der Waals surface area contributed by atoms with Gasteiger partial charge in [0.25, 0.3) is 0 Å². The zero-order valence-electron chi connectivity index (χ0n) is 10.8. The topological polar surface area (TPSA) is 87.2 Å². The van der Waals surface area contributed by atoms with Crippen LogP contribution in [0.1, 0.15) is 18.9 Å². The van der Waals surface area contributed by atoms with Crippen LogP contribution in [0, 0.1) is 17.2 Å². The highest BCUT2D eigenvalue weighted by Crippen LogP contribution is 2.29. The molecule has 0 aromatic heterocycles. The molecule has 1 aliphatic rings. The number of nitrogens with zero attached hydrogens (tertiary/aromatic N) is 2. The molecule has 2 N–H and O–H groups in total. The predicted molar refractivity (Wildman–Crippen MR) is 71.7 cm³/mol. The molecule has 1 heterocycles. The average molecular weight is 279 g/mol.